The zero-order valence-electron chi connectivity index (χ0n) is 10.2. The van der Waals surface area contributed by atoms with Crippen molar-refractivity contribution in [2.45, 2.75) is 6.04 Å². The normalized spacial score (nSPS) is 12.2. The molecule has 0 fully saturated rings. The lowest BCUT2D eigenvalue weighted by atomic mass is 10.00. The van der Waals surface area contributed by atoms with Gasteiger partial charge in [-0.3, -0.25) is 5.84 Å². The zero-order valence-corrected chi connectivity index (χ0v) is 11.8. The van der Waals surface area contributed by atoms with E-state index in [2.05, 4.69) is 26.3 Å². The summed E-state index contributed by atoms with van der Waals surface area (Å²) >= 11 is 3.32. The number of rotatable bonds is 4. The van der Waals surface area contributed by atoms with Crippen LogP contribution in [0.3, 0.4) is 0 Å². The topological polar surface area (TPSA) is 60.2 Å². The molecule has 0 saturated heterocycles. The van der Waals surface area contributed by atoms with Gasteiger partial charge >= 0.3 is 0 Å². The van der Waals surface area contributed by atoms with Crippen molar-refractivity contribution in [1.29, 1.82) is 0 Å². The van der Waals surface area contributed by atoms with Crippen LogP contribution in [0.1, 0.15) is 17.2 Å². The molecule has 2 aromatic rings. The average molecular weight is 326 g/mol. The predicted octanol–water partition coefficient (Wildman–Crippen LogP) is 2.54. The maximum Gasteiger partial charge on any atom is 0.218 e. The summed E-state index contributed by atoms with van der Waals surface area (Å²) in [5, 5.41) is 0. The van der Waals surface area contributed by atoms with Crippen LogP contribution < -0.4 is 16.0 Å². The Bertz CT molecular complexity index is 580. The Labute approximate surface area is 118 Å². The van der Waals surface area contributed by atoms with Gasteiger partial charge in [0.15, 0.2) is 0 Å². The highest BCUT2D eigenvalue weighted by atomic mass is 79.9. The van der Waals surface area contributed by atoms with E-state index in [-0.39, 0.29) is 5.82 Å². The molecule has 0 aliphatic heterocycles. The fraction of sp³-hybridized carbons (Fsp3) is 0.154. The van der Waals surface area contributed by atoms with Crippen LogP contribution in [0, 0.1) is 5.82 Å². The van der Waals surface area contributed by atoms with E-state index in [9.17, 15) is 4.39 Å². The van der Waals surface area contributed by atoms with Gasteiger partial charge < -0.3 is 4.74 Å². The van der Waals surface area contributed by atoms with Gasteiger partial charge in [0.25, 0.3) is 0 Å². The number of hydrogen-bond acceptors (Lipinski definition) is 4. The quantitative estimate of drug-likeness (QED) is 0.670. The molecule has 4 nitrogen and oxygen atoms in total. The molecule has 1 aromatic carbocycles. The first-order chi connectivity index (χ1) is 9.17. The molecule has 0 aliphatic rings. The van der Waals surface area contributed by atoms with Gasteiger partial charge in [-0.2, -0.15) is 0 Å². The van der Waals surface area contributed by atoms with E-state index in [1.165, 1.54) is 13.2 Å². The Balaban J connectivity index is 2.53. The summed E-state index contributed by atoms with van der Waals surface area (Å²) in [6.45, 7) is 0. The van der Waals surface area contributed by atoms with E-state index in [1.54, 1.807) is 30.5 Å². The molecule has 19 heavy (non-hydrogen) atoms. The number of hydrogen-bond donors (Lipinski definition) is 2. The predicted molar refractivity (Wildman–Crippen MR) is 74.1 cm³/mol. The van der Waals surface area contributed by atoms with Crippen LogP contribution in [0.2, 0.25) is 0 Å². The number of hydrazine groups is 1. The molecule has 0 radical (unpaired) electrons. The van der Waals surface area contributed by atoms with Crippen LogP contribution in [-0.2, 0) is 0 Å². The van der Waals surface area contributed by atoms with Crippen molar-refractivity contribution in [3.8, 4) is 5.88 Å². The second kappa shape index (κ2) is 6.10. The van der Waals surface area contributed by atoms with Crippen LogP contribution in [0.4, 0.5) is 4.39 Å². The van der Waals surface area contributed by atoms with Gasteiger partial charge in [0.05, 0.1) is 13.2 Å². The van der Waals surface area contributed by atoms with Crippen LogP contribution >= 0.6 is 15.9 Å². The third-order valence-electron chi connectivity index (χ3n) is 2.74. The summed E-state index contributed by atoms with van der Waals surface area (Å²) in [6.07, 6.45) is 1.60. The molecule has 6 heteroatoms. The third kappa shape index (κ3) is 2.91. The molecule has 3 N–H and O–H groups in total. The molecule has 1 atom stereocenters. The summed E-state index contributed by atoms with van der Waals surface area (Å²) < 4.78 is 19.9. The van der Waals surface area contributed by atoms with Crippen LogP contribution in [0.25, 0.3) is 0 Å². The minimum absolute atomic E-state index is 0.350. The van der Waals surface area contributed by atoms with E-state index in [0.717, 1.165) is 4.47 Å². The number of ether oxygens (including phenoxy) is 1. The Morgan fingerprint density at radius 1 is 1.37 bits per heavy atom. The Hall–Kier alpha value is -1.50. The van der Waals surface area contributed by atoms with Gasteiger partial charge in [0.1, 0.15) is 5.82 Å². The monoisotopic (exact) mass is 325 g/mol. The van der Waals surface area contributed by atoms with Crippen molar-refractivity contribution in [2.24, 2.45) is 5.84 Å². The molecule has 0 aliphatic carbocycles. The number of nitrogens with two attached hydrogens (primary N) is 1. The number of pyridine rings is 1. The molecule has 100 valence electrons. The molecule has 0 amide bonds. The zero-order chi connectivity index (χ0) is 13.8. The molecule has 1 aromatic heterocycles. The van der Waals surface area contributed by atoms with Gasteiger partial charge in [-0.15, -0.1) is 0 Å². The van der Waals surface area contributed by atoms with Crippen LogP contribution in [0.5, 0.6) is 5.88 Å². The molecule has 1 unspecified atom stereocenters. The second-order valence-electron chi connectivity index (χ2n) is 3.87. The summed E-state index contributed by atoms with van der Waals surface area (Å²) in [6, 6.07) is 7.68. The average Bonchev–Trinajstić information content (AvgIpc) is 2.44. The van der Waals surface area contributed by atoms with Crippen molar-refractivity contribution in [3.05, 3.63) is 57.9 Å². The van der Waals surface area contributed by atoms with E-state index in [1.807, 2.05) is 0 Å². The van der Waals surface area contributed by atoms with Crippen molar-refractivity contribution in [2.75, 3.05) is 7.11 Å². The molecule has 1 heterocycles. The Kier molecular flexibility index (Phi) is 4.47. The fourth-order valence-corrected chi connectivity index (χ4v) is 2.26. The second-order valence-corrected chi connectivity index (χ2v) is 4.78. The first-order valence-electron chi connectivity index (χ1n) is 5.57. The first-order valence-corrected chi connectivity index (χ1v) is 6.36. The number of nitrogens with zero attached hydrogens (tertiary/aromatic N) is 1. The minimum Gasteiger partial charge on any atom is -0.481 e. The number of methoxy groups -OCH3 is 1. The highest BCUT2D eigenvalue weighted by Gasteiger charge is 2.21. The summed E-state index contributed by atoms with van der Waals surface area (Å²) in [5.74, 6) is 5.62. The van der Waals surface area contributed by atoms with Crippen LogP contribution in [-0.4, -0.2) is 12.1 Å². The minimum atomic E-state index is -0.541. The van der Waals surface area contributed by atoms with Crippen molar-refractivity contribution in [1.82, 2.24) is 10.4 Å². The highest BCUT2D eigenvalue weighted by molar-refractivity contribution is 9.10. The van der Waals surface area contributed by atoms with Gasteiger partial charge in [0, 0.05) is 21.8 Å². The molecular formula is C13H13BrFN3O. The van der Waals surface area contributed by atoms with Gasteiger partial charge in [0.2, 0.25) is 5.88 Å². The number of nitrogens with one attached hydrogen (secondary N) is 1. The van der Waals surface area contributed by atoms with E-state index < -0.39 is 6.04 Å². The highest BCUT2D eigenvalue weighted by Crippen LogP contribution is 2.30. The number of aromatic nitrogens is 1. The van der Waals surface area contributed by atoms with Crippen molar-refractivity contribution in [3.63, 3.8) is 0 Å². The third-order valence-corrected chi connectivity index (χ3v) is 3.23. The number of benzene rings is 1. The standard InChI is InChI=1S/C13H13BrFN3O/c1-19-13-9(3-2-6-17-13)12(18-16)10-7-8(14)4-5-11(10)15/h2-7,12,18H,16H2,1H3. The largest absolute Gasteiger partial charge is 0.481 e. The maximum absolute atomic E-state index is 14.0. The molecule has 2 rings (SSSR count). The summed E-state index contributed by atoms with van der Waals surface area (Å²) in [7, 11) is 1.51. The van der Waals surface area contributed by atoms with Gasteiger partial charge in [-0.1, -0.05) is 22.0 Å². The molecule has 0 bridgehead atoms. The van der Waals surface area contributed by atoms with E-state index >= 15 is 0 Å². The lowest BCUT2D eigenvalue weighted by Crippen LogP contribution is -2.30. The van der Waals surface area contributed by atoms with E-state index in [4.69, 9.17) is 10.6 Å². The van der Waals surface area contributed by atoms with Gasteiger partial charge in [-0.25, -0.2) is 14.8 Å². The maximum atomic E-state index is 14.0. The molecule has 0 saturated carbocycles. The smallest absolute Gasteiger partial charge is 0.218 e. The van der Waals surface area contributed by atoms with Crippen molar-refractivity contribution >= 4 is 15.9 Å². The molecular weight excluding hydrogens is 313 g/mol. The lowest BCUT2D eigenvalue weighted by Gasteiger charge is -2.19. The van der Waals surface area contributed by atoms with Crippen molar-refractivity contribution < 1.29 is 9.13 Å². The van der Waals surface area contributed by atoms with Gasteiger partial charge in [-0.05, 0) is 24.3 Å². The molecule has 0 spiro atoms. The number of halogens is 2. The first kappa shape index (κ1) is 13.9. The summed E-state index contributed by atoms with van der Waals surface area (Å²) in [4.78, 5) is 4.09. The lowest BCUT2D eigenvalue weighted by molar-refractivity contribution is 0.386. The van der Waals surface area contributed by atoms with Crippen LogP contribution in [0.15, 0.2) is 41.0 Å². The van der Waals surface area contributed by atoms with E-state index in [0.29, 0.717) is 17.0 Å². The Morgan fingerprint density at radius 2 is 2.16 bits per heavy atom. The SMILES string of the molecule is COc1ncccc1C(NN)c1cc(Br)ccc1F. The fourth-order valence-electron chi connectivity index (χ4n) is 1.88. The Morgan fingerprint density at radius 3 is 2.84 bits per heavy atom. The summed E-state index contributed by atoms with van der Waals surface area (Å²) in [5.41, 5.74) is 3.69.